The van der Waals surface area contributed by atoms with Gasteiger partial charge in [-0.1, -0.05) is 37.9 Å². The number of nitrogens with zero attached hydrogens (tertiary/aromatic N) is 2. The van der Waals surface area contributed by atoms with Gasteiger partial charge in [0.2, 0.25) is 0 Å². The average Bonchev–Trinajstić information content (AvgIpc) is 2.76. The second-order valence-corrected chi connectivity index (χ2v) is 6.01. The molecule has 0 bridgehead atoms. The number of aromatic nitrogens is 2. The molecule has 0 atom stereocenters. The monoisotopic (exact) mass is 355 g/mol. The van der Waals surface area contributed by atoms with E-state index in [-0.39, 0.29) is 0 Å². The van der Waals surface area contributed by atoms with E-state index in [1.807, 2.05) is 18.2 Å². The molecule has 0 amide bonds. The number of benzene rings is 1. The Balaban J connectivity index is 2.46. The number of anilines is 1. The van der Waals surface area contributed by atoms with E-state index < -0.39 is 0 Å². The molecule has 3 nitrogen and oxygen atoms in total. The van der Waals surface area contributed by atoms with Crippen LogP contribution in [0.25, 0.3) is 11.3 Å². The lowest BCUT2D eigenvalue weighted by molar-refractivity contribution is 0.612. The Morgan fingerprint density at radius 3 is 2.70 bits per heavy atom. The molecule has 0 saturated heterocycles. The molecule has 1 aromatic carbocycles. The molecule has 1 heterocycles. The number of unbranched alkanes of at least 4 members (excludes halogenated alkanes) is 1. The first-order valence-electron chi connectivity index (χ1n) is 6.88. The van der Waals surface area contributed by atoms with Gasteiger partial charge < -0.3 is 10.3 Å². The normalized spacial score (nSPS) is 11.0. The van der Waals surface area contributed by atoms with Crippen molar-refractivity contribution in [2.24, 2.45) is 0 Å². The molecule has 20 heavy (non-hydrogen) atoms. The lowest BCUT2D eigenvalue weighted by atomic mass is 10.1. The van der Waals surface area contributed by atoms with Crippen molar-refractivity contribution in [1.82, 2.24) is 9.55 Å². The third-order valence-corrected chi connectivity index (χ3v) is 4.56. The highest BCUT2D eigenvalue weighted by atomic mass is 79.9. The maximum absolute atomic E-state index is 6.29. The lowest BCUT2D eigenvalue weighted by Gasteiger charge is -2.08. The van der Waals surface area contributed by atoms with Gasteiger partial charge in [0.1, 0.15) is 17.3 Å². The largest absolute Gasteiger partial charge is 0.383 e. The number of nitrogens with two attached hydrogens (primary N) is 1. The molecule has 108 valence electrons. The lowest BCUT2D eigenvalue weighted by Crippen LogP contribution is -2.06. The summed E-state index contributed by atoms with van der Waals surface area (Å²) in [6.07, 6.45) is 3.12. The molecule has 0 spiro atoms. The maximum Gasteiger partial charge on any atom is 0.131 e. The zero-order valence-electron chi connectivity index (χ0n) is 11.8. The summed E-state index contributed by atoms with van der Waals surface area (Å²) < 4.78 is 3.00. The van der Waals surface area contributed by atoms with Gasteiger partial charge in [-0.25, -0.2) is 4.98 Å². The van der Waals surface area contributed by atoms with Crippen LogP contribution in [0.3, 0.4) is 0 Å². The Labute approximate surface area is 133 Å². The summed E-state index contributed by atoms with van der Waals surface area (Å²) in [5.41, 5.74) is 8.07. The van der Waals surface area contributed by atoms with Crippen LogP contribution in [0.4, 0.5) is 5.82 Å². The van der Waals surface area contributed by atoms with E-state index in [1.165, 1.54) is 0 Å². The molecular formula is C15H19BrClN3. The van der Waals surface area contributed by atoms with Crippen LogP contribution in [-0.2, 0) is 13.0 Å². The second-order valence-electron chi connectivity index (χ2n) is 4.75. The van der Waals surface area contributed by atoms with Crippen molar-refractivity contribution >= 4 is 33.3 Å². The third-order valence-electron chi connectivity index (χ3n) is 3.33. The third kappa shape index (κ3) is 3.01. The minimum absolute atomic E-state index is 0.669. The van der Waals surface area contributed by atoms with Gasteiger partial charge in [-0.2, -0.15) is 0 Å². The fourth-order valence-corrected chi connectivity index (χ4v) is 2.63. The zero-order chi connectivity index (χ0) is 14.7. The van der Waals surface area contributed by atoms with Crippen LogP contribution in [0.1, 0.15) is 32.5 Å². The number of aryl methyl sites for hydroxylation is 1. The smallest absolute Gasteiger partial charge is 0.131 e. The predicted octanol–water partition coefficient (Wildman–Crippen LogP) is 4.91. The molecule has 0 aliphatic heterocycles. The molecule has 0 aliphatic rings. The van der Waals surface area contributed by atoms with Crippen molar-refractivity contribution in [3.05, 3.63) is 33.5 Å². The SMILES string of the molecule is CCCCn1c(CC)nc(-c2ccc(Br)c(Cl)c2)c1N. The first kappa shape index (κ1) is 15.4. The van der Waals surface area contributed by atoms with Gasteiger partial charge in [0.25, 0.3) is 0 Å². The first-order chi connectivity index (χ1) is 9.58. The Morgan fingerprint density at radius 1 is 1.35 bits per heavy atom. The van der Waals surface area contributed by atoms with Crippen LogP contribution in [0.5, 0.6) is 0 Å². The van der Waals surface area contributed by atoms with E-state index in [4.69, 9.17) is 17.3 Å². The highest BCUT2D eigenvalue weighted by molar-refractivity contribution is 9.10. The maximum atomic E-state index is 6.29. The number of halogens is 2. The molecular weight excluding hydrogens is 338 g/mol. The summed E-state index contributed by atoms with van der Waals surface area (Å²) >= 11 is 9.56. The molecule has 0 fully saturated rings. The van der Waals surface area contributed by atoms with Crippen LogP contribution < -0.4 is 5.73 Å². The number of hydrogen-bond acceptors (Lipinski definition) is 2. The molecule has 2 rings (SSSR count). The van der Waals surface area contributed by atoms with Crippen molar-refractivity contribution in [1.29, 1.82) is 0 Å². The van der Waals surface area contributed by atoms with E-state index in [0.29, 0.717) is 5.02 Å². The Hall–Kier alpha value is -1.00. The molecule has 0 saturated carbocycles. The van der Waals surface area contributed by atoms with E-state index in [9.17, 15) is 0 Å². The summed E-state index contributed by atoms with van der Waals surface area (Å²) in [6.45, 7) is 5.19. The van der Waals surface area contributed by atoms with Crippen LogP contribution in [0, 0.1) is 0 Å². The fourth-order valence-electron chi connectivity index (χ4n) is 2.21. The standard InChI is InChI=1S/C15H19BrClN3/c1-3-5-8-20-13(4-2)19-14(15(20)18)10-6-7-11(16)12(17)9-10/h6-7,9H,3-5,8,18H2,1-2H3. The van der Waals surface area contributed by atoms with Crippen molar-refractivity contribution in [3.63, 3.8) is 0 Å². The minimum atomic E-state index is 0.669. The second kappa shape index (κ2) is 6.64. The number of nitrogen functional groups attached to an aromatic ring is 1. The van der Waals surface area contributed by atoms with Crippen molar-refractivity contribution in [2.75, 3.05) is 5.73 Å². The Bertz CT molecular complexity index is 607. The molecule has 5 heteroatoms. The summed E-state index contributed by atoms with van der Waals surface area (Å²) in [5, 5.41) is 0.669. The number of rotatable bonds is 5. The van der Waals surface area contributed by atoms with Gasteiger partial charge in [-0.05, 0) is 34.5 Å². The summed E-state index contributed by atoms with van der Waals surface area (Å²) in [6, 6.07) is 5.81. The van der Waals surface area contributed by atoms with Crippen molar-refractivity contribution in [2.45, 2.75) is 39.7 Å². The van der Waals surface area contributed by atoms with E-state index >= 15 is 0 Å². The topological polar surface area (TPSA) is 43.8 Å². The van der Waals surface area contributed by atoms with Gasteiger partial charge in [0.15, 0.2) is 0 Å². The molecule has 0 radical (unpaired) electrons. The van der Waals surface area contributed by atoms with Crippen LogP contribution >= 0.6 is 27.5 Å². The van der Waals surface area contributed by atoms with Crippen molar-refractivity contribution in [3.8, 4) is 11.3 Å². The minimum Gasteiger partial charge on any atom is -0.383 e. The highest BCUT2D eigenvalue weighted by Crippen LogP contribution is 2.32. The number of hydrogen-bond donors (Lipinski definition) is 1. The van der Waals surface area contributed by atoms with Gasteiger partial charge in [-0.3, -0.25) is 0 Å². The van der Waals surface area contributed by atoms with E-state index in [1.54, 1.807) is 0 Å². The molecule has 0 unspecified atom stereocenters. The predicted molar refractivity (Wildman–Crippen MR) is 89.1 cm³/mol. The molecule has 2 N–H and O–H groups in total. The summed E-state index contributed by atoms with van der Waals surface area (Å²) in [4.78, 5) is 4.69. The van der Waals surface area contributed by atoms with Gasteiger partial charge in [0, 0.05) is 23.0 Å². The fraction of sp³-hybridized carbons (Fsp3) is 0.400. The Kier molecular flexibility index (Phi) is 5.11. The van der Waals surface area contributed by atoms with E-state index in [0.717, 1.165) is 53.2 Å². The highest BCUT2D eigenvalue weighted by Gasteiger charge is 2.15. The van der Waals surface area contributed by atoms with Gasteiger partial charge in [0.05, 0.1) is 5.02 Å². The quantitative estimate of drug-likeness (QED) is 0.827. The van der Waals surface area contributed by atoms with Crippen LogP contribution in [-0.4, -0.2) is 9.55 Å². The van der Waals surface area contributed by atoms with Crippen LogP contribution in [0.2, 0.25) is 5.02 Å². The van der Waals surface area contributed by atoms with E-state index in [2.05, 4.69) is 39.3 Å². The van der Waals surface area contributed by atoms with Gasteiger partial charge in [-0.15, -0.1) is 0 Å². The van der Waals surface area contributed by atoms with Gasteiger partial charge >= 0.3 is 0 Å². The summed E-state index contributed by atoms with van der Waals surface area (Å²) in [7, 11) is 0. The Morgan fingerprint density at radius 2 is 2.10 bits per heavy atom. The van der Waals surface area contributed by atoms with Crippen LogP contribution in [0.15, 0.2) is 22.7 Å². The first-order valence-corrected chi connectivity index (χ1v) is 8.05. The molecule has 0 aliphatic carbocycles. The average molecular weight is 357 g/mol. The molecule has 2 aromatic rings. The summed E-state index contributed by atoms with van der Waals surface area (Å²) in [5.74, 6) is 1.76. The number of imidazole rings is 1. The molecule has 1 aromatic heterocycles. The van der Waals surface area contributed by atoms with Crippen molar-refractivity contribution < 1.29 is 0 Å². The zero-order valence-corrected chi connectivity index (χ0v) is 14.1.